The van der Waals surface area contributed by atoms with Crippen LogP contribution >= 0.6 is 0 Å². The highest BCUT2D eigenvalue weighted by Gasteiger charge is 2.16. The summed E-state index contributed by atoms with van der Waals surface area (Å²) in [7, 11) is 0. The van der Waals surface area contributed by atoms with Crippen LogP contribution in [0.25, 0.3) is 0 Å². The van der Waals surface area contributed by atoms with Crippen LogP contribution in [0.5, 0.6) is 0 Å². The fourth-order valence-electron chi connectivity index (χ4n) is 1.79. The lowest BCUT2D eigenvalue weighted by atomic mass is 10.1. The van der Waals surface area contributed by atoms with E-state index in [0.29, 0.717) is 5.56 Å². The summed E-state index contributed by atoms with van der Waals surface area (Å²) in [5.74, 6) is -1.29. The molecule has 0 spiro atoms. The van der Waals surface area contributed by atoms with Crippen molar-refractivity contribution in [3.63, 3.8) is 0 Å². The lowest BCUT2D eigenvalue weighted by Crippen LogP contribution is -2.14. The van der Waals surface area contributed by atoms with E-state index in [0.717, 1.165) is 0 Å². The molecule has 0 aromatic heterocycles. The maximum absolute atomic E-state index is 13.5. The summed E-state index contributed by atoms with van der Waals surface area (Å²) in [5.41, 5.74) is 0.393. The summed E-state index contributed by atoms with van der Waals surface area (Å²) in [4.78, 5) is 22.2. The molecular weight excluding hydrogens is 263 g/mol. The van der Waals surface area contributed by atoms with Gasteiger partial charge < -0.3 is 5.32 Å². The molecule has 0 aliphatic heterocycles. The molecule has 2 aromatic carbocycles. The summed E-state index contributed by atoms with van der Waals surface area (Å²) in [6.45, 7) is 1.52. The Hall–Kier alpha value is -2.76. The number of hydrogen-bond donors (Lipinski definition) is 1. The second-order valence-electron chi connectivity index (χ2n) is 4.14. The highest BCUT2D eigenvalue weighted by Crippen LogP contribution is 2.25. The van der Waals surface area contributed by atoms with E-state index in [4.69, 9.17) is 0 Å². The number of anilines is 1. The largest absolute Gasteiger partial charge is 0.321 e. The van der Waals surface area contributed by atoms with Crippen LogP contribution in [-0.2, 0) is 0 Å². The summed E-state index contributed by atoms with van der Waals surface area (Å²) in [6.07, 6.45) is 0. The van der Waals surface area contributed by atoms with Crippen LogP contribution in [0.3, 0.4) is 0 Å². The van der Waals surface area contributed by atoms with Crippen molar-refractivity contribution in [1.29, 1.82) is 0 Å². The van der Waals surface area contributed by atoms with Gasteiger partial charge in [0.15, 0.2) is 0 Å². The third kappa shape index (κ3) is 2.64. The zero-order chi connectivity index (χ0) is 14.7. The van der Waals surface area contributed by atoms with Gasteiger partial charge in [-0.1, -0.05) is 18.2 Å². The van der Waals surface area contributed by atoms with Crippen molar-refractivity contribution in [2.75, 3.05) is 5.32 Å². The zero-order valence-electron chi connectivity index (χ0n) is 10.6. The van der Waals surface area contributed by atoms with Gasteiger partial charge in [-0.15, -0.1) is 0 Å². The smallest absolute Gasteiger partial charge is 0.274 e. The van der Waals surface area contributed by atoms with Crippen LogP contribution in [0.15, 0.2) is 42.5 Å². The van der Waals surface area contributed by atoms with Crippen molar-refractivity contribution in [3.8, 4) is 0 Å². The fourth-order valence-corrected chi connectivity index (χ4v) is 1.79. The van der Waals surface area contributed by atoms with E-state index in [-0.39, 0.29) is 16.9 Å². The Morgan fingerprint density at radius 3 is 2.55 bits per heavy atom. The highest BCUT2D eigenvalue weighted by atomic mass is 19.1. The van der Waals surface area contributed by atoms with Crippen molar-refractivity contribution in [3.05, 3.63) is 69.5 Å². The Balaban J connectivity index is 2.32. The van der Waals surface area contributed by atoms with Gasteiger partial charge in [0.1, 0.15) is 5.82 Å². The van der Waals surface area contributed by atoms with E-state index in [1.807, 2.05) is 0 Å². The van der Waals surface area contributed by atoms with E-state index in [2.05, 4.69) is 5.32 Å². The molecule has 5 nitrogen and oxygen atoms in total. The number of hydrogen-bond acceptors (Lipinski definition) is 3. The molecule has 0 saturated carbocycles. The quantitative estimate of drug-likeness (QED) is 0.689. The predicted molar refractivity (Wildman–Crippen MR) is 72.2 cm³/mol. The molecular formula is C14H11FN2O3. The first-order valence-corrected chi connectivity index (χ1v) is 5.80. The summed E-state index contributed by atoms with van der Waals surface area (Å²) in [5, 5.41) is 13.3. The lowest BCUT2D eigenvalue weighted by molar-refractivity contribution is -0.385. The third-order valence-electron chi connectivity index (χ3n) is 2.87. The van der Waals surface area contributed by atoms with E-state index in [1.165, 1.54) is 49.4 Å². The van der Waals surface area contributed by atoms with Gasteiger partial charge in [0, 0.05) is 6.07 Å². The molecule has 2 rings (SSSR count). The molecule has 0 aliphatic rings. The number of amides is 1. The van der Waals surface area contributed by atoms with Gasteiger partial charge in [0.05, 0.1) is 21.7 Å². The number of nitro groups is 1. The van der Waals surface area contributed by atoms with E-state index in [1.54, 1.807) is 0 Å². The van der Waals surface area contributed by atoms with E-state index < -0.39 is 16.6 Å². The van der Waals surface area contributed by atoms with E-state index >= 15 is 0 Å². The van der Waals surface area contributed by atoms with Gasteiger partial charge in [-0.05, 0) is 25.1 Å². The van der Waals surface area contributed by atoms with Gasteiger partial charge in [-0.2, -0.15) is 0 Å². The van der Waals surface area contributed by atoms with Crippen LogP contribution < -0.4 is 5.32 Å². The molecule has 0 atom stereocenters. The number of benzene rings is 2. The molecule has 2 aromatic rings. The maximum atomic E-state index is 13.5. The molecule has 1 N–H and O–H groups in total. The molecule has 6 heteroatoms. The second-order valence-corrected chi connectivity index (χ2v) is 4.14. The van der Waals surface area contributed by atoms with Crippen LogP contribution in [0.1, 0.15) is 15.9 Å². The monoisotopic (exact) mass is 274 g/mol. The Bertz CT molecular complexity index is 686. The van der Waals surface area contributed by atoms with Crippen molar-refractivity contribution < 1.29 is 14.1 Å². The average molecular weight is 274 g/mol. The highest BCUT2D eigenvalue weighted by molar-refractivity contribution is 6.05. The Labute approximate surface area is 114 Å². The number of nitro benzene ring substituents is 1. The summed E-state index contributed by atoms with van der Waals surface area (Å²) < 4.78 is 13.5. The summed E-state index contributed by atoms with van der Waals surface area (Å²) in [6, 6.07) is 9.87. The number of halogens is 1. The fraction of sp³-hybridized carbons (Fsp3) is 0.0714. The van der Waals surface area contributed by atoms with Crippen LogP contribution in [0, 0.1) is 22.9 Å². The number of nitrogens with zero attached hydrogens (tertiary/aromatic N) is 1. The molecule has 0 bridgehead atoms. The Morgan fingerprint density at radius 1 is 1.20 bits per heavy atom. The lowest BCUT2D eigenvalue weighted by Gasteiger charge is -2.09. The first-order valence-electron chi connectivity index (χ1n) is 5.80. The van der Waals surface area contributed by atoms with Gasteiger partial charge in [0.2, 0.25) is 0 Å². The molecule has 102 valence electrons. The Morgan fingerprint density at radius 2 is 1.90 bits per heavy atom. The normalized spacial score (nSPS) is 10.1. The minimum Gasteiger partial charge on any atom is -0.321 e. The summed E-state index contributed by atoms with van der Waals surface area (Å²) >= 11 is 0. The van der Waals surface area contributed by atoms with Crippen molar-refractivity contribution in [1.82, 2.24) is 0 Å². The van der Waals surface area contributed by atoms with Gasteiger partial charge in [0.25, 0.3) is 11.6 Å². The van der Waals surface area contributed by atoms with E-state index in [9.17, 15) is 19.3 Å². The molecule has 0 unspecified atom stereocenters. The first-order chi connectivity index (χ1) is 9.50. The number of carbonyl (C=O) groups is 1. The number of carbonyl (C=O) groups excluding carboxylic acids is 1. The van der Waals surface area contributed by atoms with Gasteiger partial charge >= 0.3 is 0 Å². The molecule has 1 amide bonds. The first kappa shape index (κ1) is 13.7. The Kier molecular flexibility index (Phi) is 3.74. The molecule has 0 radical (unpaired) electrons. The molecule has 20 heavy (non-hydrogen) atoms. The number of nitrogens with one attached hydrogen (secondary N) is 1. The topological polar surface area (TPSA) is 72.2 Å². The van der Waals surface area contributed by atoms with Crippen molar-refractivity contribution in [2.24, 2.45) is 0 Å². The zero-order valence-corrected chi connectivity index (χ0v) is 10.6. The van der Waals surface area contributed by atoms with Crippen LogP contribution in [-0.4, -0.2) is 10.8 Å². The van der Waals surface area contributed by atoms with Crippen LogP contribution in [0.2, 0.25) is 0 Å². The number of rotatable bonds is 3. The minimum absolute atomic E-state index is 0.101. The minimum atomic E-state index is -0.647. The average Bonchev–Trinajstić information content (AvgIpc) is 2.41. The molecule has 0 fully saturated rings. The third-order valence-corrected chi connectivity index (χ3v) is 2.87. The SMILES string of the molecule is Cc1c(NC(=O)c2ccccc2F)cccc1[N+](=O)[O-]. The van der Waals surface area contributed by atoms with Crippen molar-refractivity contribution in [2.45, 2.75) is 6.92 Å². The molecule has 0 saturated heterocycles. The maximum Gasteiger partial charge on any atom is 0.274 e. The second kappa shape index (κ2) is 5.48. The predicted octanol–water partition coefficient (Wildman–Crippen LogP) is 3.29. The van der Waals surface area contributed by atoms with Crippen LogP contribution in [0.4, 0.5) is 15.8 Å². The standard InChI is InChI=1S/C14H11FN2O3/c1-9-12(7-4-8-13(9)17(19)20)16-14(18)10-5-2-3-6-11(10)15/h2-8H,1H3,(H,16,18). The van der Waals surface area contributed by atoms with Gasteiger partial charge in [-0.25, -0.2) is 4.39 Å². The molecule has 0 aliphatic carbocycles. The molecule has 0 heterocycles. The van der Waals surface area contributed by atoms with Crippen molar-refractivity contribution >= 4 is 17.3 Å². The van der Waals surface area contributed by atoms with Gasteiger partial charge in [-0.3, -0.25) is 14.9 Å².